The van der Waals surface area contributed by atoms with Gasteiger partial charge in [0, 0.05) is 31.6 Å². The predicted molar refractivity (Wildman–Crippen MR) is 65.7 cm³/mol. The summed E-state index contributed by atoms with van der Waals surface area (Å²) in [5.74, 6) is 0. The van der Waals surface area contributed by atoms with E-state index >= 15 is 0 Å². The summed E-state index contributed by atoms with van der Waals surface area (Å²) in [7, 11) is 4.17. The monoisotopic (exact) mass is 241 g/mol. The van der Waals surface area contributed by atoms with Crippen molar-refractivity contribution in [2.75, 3.05) is 40.3 Å². The fourth-order valence-electron chi connectivity index (χ4n) is 1.99. The third kappa shape index (κ3) is 3.52. The molecular formula is C11H19N3OS. The van der Waals surface area contributed by atoms with Gasteiger partial charge in [-0.05, 0) is 14.1 Å². The van der Waals surface area contributed by atoms with Gasteiger partial charge in [-0.1, -0.05) is 0 Å². The molecule has 1 fully saturated rings. The Bertz CT molecular complexity index is 302. The van der Waals surface area contributed by atoms with Crippen molar-refractivity contribution in [1.82, 2.24) is 14.8 Å². The van der Waals surface area contributed by atoms with E-state index in [2.05, 4.69) is 34.3 Å². The average Bonchev–Trinajstić information content (AvgIpc) is 2.70. The normalized spacial score (nSPS) is 22.8. The van der Waals surface area contributed by atoms with Gasteiger partial charge in [0.05, 0.1) is 23.9 Å². The Balaban J connectivity index is 1.82. The molecule has 5 heteroatoms. The summed E-state index contributed by atoms with van der Waals surface area (Å²) in [5, 5.41) is 2.12. The van der Waals surface area contributed by atoms with Gasteiger partial charge in [0.1, 0.15) is 0 Å². The third-order valence-corrected chi connectivity index (χ3v) is 3.30. The van der Waals surface area contributed by atoms with E-state index in [4.69, 9.17) is 4.74 Å². The molecule has 2 rings (SSSR count). The van der Waals surface area contributed by atoms with Crippen molar-refractivity contribution in [3.05, 3.63) is 16.6 Å². The molecule has 16 heavy (non-hydrogen) atoms. The maximum absolute atomic E-state index is 5.74. The van der Waals surface area contributed by atoms with Gasteiger partial charge in [-0.3, -0.25) is 4.90 Å². The molecule has 1 atom stereocenters. The van der Waals surface area contributed by atoms with E-state index < -0.39 is 0 Å². The van der Waals surface area contributed by atoms with E-state index in [0.29, 0.717) is 6.10 Å². The van der Waals surface area contributed by atoms with Crippen molar-refractivity contribution in [2.45, 2.75) is 12.6 Å². The highest BCUT2D eigenvalue weighted by Gasteiger charge is 2.21. The third-order valence-electron chi connectivity index (χ3n) is 2.66. The van der Waals surface area contributed by atoms with Crippen LogP contribution in [0.1, 0.15) is 5.69 Å². The summed E-state index contributed by atoms with van der Waals surface area (Å²) in [5.41, 5.74) is 3.07. The SMILES string of the molecule is CN(C)CC1CN(Cc2cscn2)CCO1. The molecule has 0 spiro atoms. The largest absolute Gasteiger partial charge is 0.374 e. The van der Waals surface area contributed by atoms with Crippen LogP contribution in [0.5, 0.6) is 0 Å². The van der Waals surface area contributed by atoms with E-state index in [1.807, 2.05) is 5.51 Å². The number of hydrogen-bond donors (Lipinski definition) is 0. The first-order valence-corrected chi connectivity index (χ1v) is 6.54. The number of hydrogen-bond acceptors (Lipinski definition) is 5. The molecule has 4 nitrogen and oxygen atoms in total. The van der Waals surface area contributed by atoms with Gasteiger partial charge in [0.25, 0.3) is 0 Å². The Hall–Kier alpha value is -0.490. The maximum atomic E-state index is 5.74. The van der Waals surface area contributed by atoms with Crippen molar-refractivity contribution in [2.24, 2.45) is 0 Å². The fourth-order valence-corrected chi connectivity index (χ4v) is 2.54. The van der Waals surface area contributed by atoms with Crippen LogP contribution in [-0.4, -0.2) is 61.2 Å². The summed E-state index contributed by atoms with van der Waals surface area (Å²) < 4.78 is 5.74. The molecule has 0 aromatic carbocycles. The molecule has 1 aliphatic rings. The molecule has 1 unspecified atom stereocenters. The van der Waals surface area contributed by atoms with Gasteiger partial charge >= 0.3 is 0 Å². The Labute approximate surface area is 101 Å². The molecule has 0 aliphatic carbocycles. The van der Waals surface area contributed by atoms with Crippen LogP contribution in [-0.2, 0) is 11.3 Å². The van der Waals surface area contributed by atoms with Crippen LogP contribution < -0.4 is 0 Å². The predicted octanol–water partition coefficient (Wildman–Crippen LogP) is 0.905. The first kappa shape index (κ1) is 12.0. The van der Waals surface area contributed by atoms with Crippen molar-refractivity contribution in [3.8, 4) is 0 Å². The van der Waals surface area contributed by atoms with Crippen molar-refractivity contribution in [1.29, 1.82) is 0 Å². The highest BCUT2D eigenvalue weighted by atomic mass is 32.1. The zero-order valence-corrected chi connectivity index (χ0v) is 10.7. The van der Waals surface area contributed by atoms with Crippen molar-refractivity contribution >= 4 is 11.3 Å². The lowest BCUT2D eigenvalue weighted by atomic mass is 10.2. The Morgan fingerprint density at radius 3 is 3.19 bits per heavy atom. The number of thiazole rings is 1. The molecular weight excluding hydrogens is 222 g/mol. The Morgan fingerprint density at radius 2 is 2.50 bits per heavy atom. The minimum absolute atomic E-state index is 0.336. The van der Waals surface area contributed by atoms with Gasteiger partial charge in [-0.25, -0.2) is 4.98 Å². The second-order valence-corrected chi connectivity index (χ2v) is 5.19. The topological polar surface area (TPSA) is 28.6 Å². The lowest BCUT2D eigenvalue weighted by molar-refractivity contribution is -0.0409. The summed E-state index contributed by atoms with van der Waals surface area (Å²) in [6.07, 6.45) is 0.336. The minimum atomic E-state index is 0.336. The first-order chi connectivity index (χ1) is 7.74. The smallest absolute Gasteiger partial charge is 0.0829 e. The zero-order valence-electron chi connectivity index (χ0n) is 9.93. The van der Waals surface area contributed by atoms with Gasteiger partial charge in [-0.2, -0.15) is 0 Å². The quantitative estimate of drug-likeness (QED) is 0.783. The van der Waals surface area contributed by atoms with Crippen molar-refractivity contribution in [3.63, 3.8) is 0 Å². The van der Waals surface area contributed by atoms with Crippen LogP contribution in [0.3, 0.4) is 0 Å². The van der Waals surface area contributed by atoms with Crippen LogP contribution >= 0.6 is 11.3 Å². The van der Waals surface area contributed by atoms with Crippen LogP contribution in [0.15, 0.2) is 10.9 Å². The average molecular weight is 241 g/mol. The number of morpholine rings is 1. The summed E-state index contributed by atoms with van der Waals surface area (Å²) in [6.45, 7) is 4.81. The standard InChI is InChI=1S/C11H19N3OS/c1-13(2)6-11-7-14(3-4-15-11)5-10-8-16-9-12-10/h8-9,11H,3-7H2,1-2H3. The van der Waals surface area contributed by atoms with E-state index in [1.165, 1.54) is 5.69 Å². The van der Waals surface area contributed by atoms with Gasteiger partial charge in [-0.15, -0.1) is 11.3 Å². The fraction of sp³-hybridized carbons (Fsp3) is 0.727. The molecule has 1 aromatic heterocycles. The summed E-state index contributed by atoms with van der Waals surface area (Å²) in [4.78, 5) is 8.92. The van der Waals surface area contributed by atoms with Crippen LogP contribution in [0.25, 0.3) is 0 Å². The van der Waals surface area contributed by atoms with Gasteiger partial charge in [0.2, 0.25) is 0 Å². The number of likely N-dealkylation sites (N-methyl/N-ethyl adjacent to an activating group) is 1. The maximum Gasteiger partial charge on any atom is 0.0829 e. The highest BCUT2D eigenvalue weighted by Crippen LogP contribution is 2.11. The molecule has 0 amide bonds. The molecule has 1 aromatic rings. The van der Waals surface area contributed by atoms with Gasteiger partial charge < -0.3 is 9.64 Å². The summed E-state index contributed by atoms with van der Waals surface area (Å²) >= 11 is 1.66. The molecule has 90 valence electrons. The van der Waals surface area contributed by atoms with Crippen LogP contribution in [0, 0.1) is 0 Å². The van der Waals surface area contributed by atoms with Gasteiger partial charge in [0.15, 0.2) is 0 Å². The molecule has 1 aliphatic heterocycles. The van der Waals surface area contributed by atoms with Crippen LogP contribution in [0.2, 0.25) is 0 Å². The molecule has 0 saturated carbocycles. The number of rotatable bonds is 4. The van der Waals surface area contributed by atoms with Crippen LogP contribution in [0.4, 0.5) is 0 Å². The van der Waals surface area contributed by atoms with E-state index in [1.54, 1.807) is 11.3 Å². The lowest BCUT2D eigenvalue weighted by Crippen LogP contribution is -2.45. The number of nitrogens with zero attached hydrogens (tertiary/aromatic N) is 3. The Morgan fingerprint density at radius 1 is 1.62 bits per heavy atom. The Kier molecular flexibility index (Phi) is 4.29. The van der Waals surface area contributed by atoms with E-state index in [9.17, 15) is 0 Å². The molecule has 1 saturated heterocycles. The molecule has 2 heterocycles. The highest BCUT2D eigenvalue weighted by molar-refractivity contribution is 7.07. The second-order valence-electron chi connectivity index (χ2n) is 4.47. The molecule has 0 bridgehead atoms. The molecule has 0 radical (unpaired) electrons. The zero-order chi connectivity index (χ0) is 11.4. The molecule has 0 N–H and O–H groups in total. The second kappa shape index (κ2) is 5.72. The van der Waals surface area contributed by atoms with E-state index in [-0.39, 0.29) is 0 Å². The lowest BCUT2D eigenvalue weighted by Gasteiger charge is -2.33. The minimum Gasteiger partial charge on any atom is -0.374 e. The van der Waals surface area contributed by atoms with Crippen molar-refractivity contribution < 1.29 is 4.74 Å². The number of aromatic nitrogens is 1. The first-order valence-electron chi connectivity index (χ1n) is 5.60. The van der Waals surface area contributed by atoms with E-state index in [0.717, 1.165) is 32.8 Å². The summed E-state index contributed by atoms with van der Waals surface area (Å²) in [6, 6.07) is 0. The number of ether oxygens (including phenoxy) is 1.